The van der Waals surface area contributed by atoms with E-state index in [1.54, 1.807) is 0 Å². The maximum absolute atomic E-state index is 4.82. The summed E-state index contributed by atoms with van der Waals surface area (Å²) in [6.07, 6.45) is 9.63. The zero-order chi connectivity index (χ0) is 11.1. The largest absolute Gasteiger partial charge is 0.359 e. The van der Waals surface area contributed by atoms with Crippen LogP contribution in [-0.4, -0.2) is 23.0 Å². The first-order valence-electron chi connectivity index (χ1n) is 6.71. The van der Waals surface area contributed by atoms with Crippen LogP contribution in [0.4, 0.5) is 0 Å². The molecule has 0 aromatic rings. The zero-order valence-electron chi connectivity index (χ0n) is 10.2. The number of hydrogen-bond acceptors (Lipinski definition) is 2. The third kappa shape index (κ3) is 1.99. The minimum atomic E-state index is 0.437. The Morgan fingerprint density at radius 3 is 2.62 bits per heavy atom. The van der Waals surface area contributed by atoms with Gasteiger partial charge in [-0.3, -0.25) is 4.99 Å². The molecule has 0 aromatic carbocycles. The third-order valence-corrected chi connectivity index (χ3v) is 5.88. The number of nitrogens with one attached hydrogen (secondary N) is 1. The summed E-state index contributed by atoms with van der Waals surface area (Å²) in [4.78, 5) is 4.82. The standard InChI is InChI=1S/C13H22N2S/c1-2-12(7-8-12)9-14-11-15-13(10-16-11)5-3-4-6-13/h2-10H2,1H3,(H,14,15). The molecule has 0 radical (unpaired) electrons. The highest BCUT2D eigenvalue weighted by molar-refractivity contribution is 8.14. The number of hydrogen-bond donors (Lipinski definition) is 1. The Balaban J connectivity index is 1.58. The number of thioether (sulfide) groups is 1. The van der Waals surface area contributed by atoms with Gasteiger partial charge in [0.05, 0.1) is 0 Å². The Labute approximate surface area is 103 Å². The van der Waals surface area contributed by atoms with Crippen molar-refractivity contribution in [2.24, 2.45) is 10.4 Å². The van der Waals surface area contributed by atoms with Gasteiger partial charge in [0.25, 0.3) is 0 Å². The van der Waals surface area contributed by atoms with Gasteiger partial charge < -0.3 is 5.32 Å². The predicted octanol–water partition coefficient (Wildman–Crippen LogP) is 3.18. The number of nitrogens with zero attached hydrogens (tertiary/aromatic N) is 1. The van der Waals surface area contributed by atoms with E-state index in [0.717, 1.165) is 6.54 Å². The minimum absolute atomic E-state index is 0.437. The molecular weight excluding hydrogens is 216 g/mol. The van der Waals surface area contributed by atoms with Crippen molar-refractivity contribution in [1.82, 2.24) is 5.32 Å². The molecule has 2 saturated carbocycles. The van der Waals surface area contributed by atoms with Crippen LogP contribution < -0.4 is 5.32 Å². The quantitative estimate of drug-likeness (QED) is 0.816. The molecule has 3 heteroatoms. The molecule has 2 aliphatic carbocycles. The van der Waals surface area contributed by atoms with E-state index in [0.29, 0.717) is 11.0 Å². The second-order valence-electron chi connectivity index (χ2n) is 5.88. The second kappa shape index (κ2) is 3.94. The van der Waals surface area contributed by atoms with Crippen molar-refractivity contribution < 1.29 is 0 Å². The van der Waals surface area contributed by atoms with Crippen molar-refractivity contribution in [3.05, 3.63) is 0 Å². The Bertz CT molecular complexity index is 301. The highest BCUT2D eigenvalue weighted by Crippen LogP contribution is 2.49. The Kier molecular flexibility index (Phi) is 2.69. The van der Waals surface area contributed by atoms with Gasteiger partial charge in [0, 0.05) is 17.8 Å². The first kappa shape index (κ1) is 10.9. The fraction of sp³-hybridized carbons (Fsp3) is 0.923. The first-order chi connectivity index (χ1) is 7.76. The third-order valence-electron chi connectivity index (χ3n) is 4.68. The Hall–Kier alpha value is -0.180. The van der Waals surface area contributed by atoms with Gasteiger partial charge in [0.2, 0.25) is 0 Å². The highest BCUT2D eigenvalue weighted by atomic mass is 32.2. The van der Waals surface area contributed by atoms with Crippen molar-refractivity contribution >= 4 is 16.9 Å². The van der Waals surface area contributed by atoms with Gasteiger partial charge in [-0.05, 0) is 37.5 Å². The molecule has 1 aliphatic heterocycles. The van der Waals surface area contributed by atoms with E-state index in [1.807, 2.05) is 11.8 Å². The molecule has 0 unspecified atom stereocenters. The van der Waals surface area contributed by atoms with Crippen molar-refractivity contribution in [3.8, 4) is 0 Å². The van der Waals surface area contributed by atoms with Gasteiger partial charge >= 0.3 is 0 Å². The molecule has 2 nitrogen and oxygen atoms in total. The molecule has 0 amide bonds. The smallest absolute Gasteiger partial charge is 0.157 e. The van der Waals surface area contributed by atoms with Crippen LogP contribution in [0.5, 0.6) is 0 Å². The number of amidine groups is 1. The minimum Gasteiger partial charge on any atom is -0.359 e. The normalized spacial score (nSPS) is 32.2. The van der Waals surface area contributed by atoms with Crippen molar-refractivity contribution in [2.45, 2.75) is 57.4 Å². The van der Waals surface area contributed by atoms with E-state index in [1.165, 1.54) is 55.9 Å². The van der Waals surface area contributed by atoms with Crippen molar-refractivity contribution in [2.75, 3.05) is 12.3 Å². The van der Waals surface area contributed by atoms with E-state index in [9.17, 15) is 0 Å². The summed E-state index contributed by atoms with van der Waals surface area (Å²) in [5.41, 5.74) is 1.03. The lowest BCUT2D eigenvalue weighted by molar-refractivity contribution is 0.450. The van der Waals surface area contributed by atoms with Gasteiger partial charge in [-0.15, -0.1) is 0 Å². The average Bonchev–Trinajstić information content (AvgIpc) is 2.78. The van der Waals surface area contributed by atoms with Gasteiger partial charge in [-0.2, -0.15) is 0 Å². The van der Waals surface area contributed by atoms with Gasteiger partial charge in [0.15, 0.2) is 5.17 Å². The maximum Gasteiger partial charge on any atom is 0.157 e. The summed E-state index contributed by atoms with van der Waals surface area (Å²) in [6, 6.07) is 0. The van der Waals surface area contributed by atoms with Crippen LogP contribution in [0.15, 0.2) is 4.99 Å². The first-order valence-corrected chi connectivity index (χ1v) is 7.70. The van der Waals surface area contributed by atoms with Gasteiger partial charge in [-0.1, -0.05) is 31.5 Å². The molecule has 1 heterocycles. The molecule has 0 bridgehead atoms. The second-order valence-corrected chi connectivity index (χ2v) is 6.84. The summed E-state index contributed by atoms with van der Waals surface area (Å²) < 4.78 is 0. The summed E-state index contributed by atoms with van der Waals surface area (Å²) in [6.45, 7) is 3.37. The lowest BCUT2D eigenvalue weighted by Gasteiger charge is -2.21. The molecule has 1 N–H and O–H groups in total. The molecule has 3 fully saturated rings. The van der Waals surface area contributed by atoms with Crippen molar-refractivity contribution in [3.63, 3.8) is 0 Å². The lowest BCUT2D eigenvalue weighted by atomic mass is 10.0. The molecule has 3 aliphatic rings. The molecule has 1 saturated heterocycles. The summed E-state index contributed by atoms with van der Waals surface area (Å²) >= 11 is 1.96. The van der Waals surface area contributed by atoms with Crippen LogP contribution >= 0.6 is 11.8 Å². The van der Waals surface area contributed by atoms with Crippen LogP contribution in [0.2, 0.25) is 0 Å². The maximum atomic E-state index is 4.82. The summed E-state index contributed by atoms with van der Waals surface area (Å²) in [5, 5.41) is 4.94. The number of aliphatic imine (C=N–C) groups is 1. The van der Waals surface area contributed by atoms with E-state index in [-0.39, 0.29) is 0 Å². The van der Waals surface area contributed by atoms with Crippen LogP contribution in [-0.2, 0) is 0 Å². The SMILES string of the molecule is CCC1(CN=C2NC3(CCCC3)CS2)CC1. The van der Waals surface area contributed by atoms with Crippen LogP contribution in [0, 0.1) is 5.41 Å². The van der Waals surface area contributed by atoms with Gasteiger partial charge in [0.1, 0.15) is 0 Å². The summed E-state index contributed by atoms with van der Waals surface area (Å²) in [5.74, 6) is 1.25. The monoisotopic (exact) mass is 238 g/mol. The molecule has 1 spiro atoms. The van der Waals surface area contributed by atoms with Crippen LogP contribution in [0.1, 0.15) is 51.9 Å². The Morgan fingerprint density at radius 1 is 1.25 bits per heavy atom. The fourth-order valence-electron chi connectivity index (χ4n) is 2.95. The highest BCUT2D eigenvalue weighted by Gasteiger charge is 2.42. The lowest BCUT2D eigenvalue weighted by Crippen LogP contribution is -2.40. The van der Waals surface area contributed by atoms with Crippen LogP contribution in [0.25, 0.3) is 0 Å². The van der Waals surface area contributed by atoms with E-state index in [2.05, 4.69) is 12.2 Å². The molecule has 90 valence electrons. The van der Waals surface area contributed by atoms with E-state index < -0.39 is 0 Å². The van der Waals surface area contributed by atoms with Crippen LogP contribution in [0.3, 0.4) is 0 Å². The molecule has 3 rings (SSSR count). The fourth-order valence-corrected chi connectivity index (χ4v) is 4.17. The zero-order valence-corrected chi connectivity index (χ0v) is 11.0. The van der Waals surface area contributed by atoms with Crippen molar-refractivity contribution in [1.29, 1.82) is 0 Å². The number of rotatable bonds is 3. The van der Waals surface area contributed by atoms with E-state index in [4.69, 9.17) is 4.99 Å². The molecule has 0 atom stereocenters. The molecule has 16 heavy (non-hydrogen) atoms. The predicted molar refractivity (Wildman–Crippen MR) is 71.1 cm³/mol. The summed E-state index contributed by atoms with van der Waals surface area (Å²) in [7, 11) is 0. The Morgan fingerprint density at radius 2 is 2.00 bits per heavy atom. The van der Waals surface area contributed by atoms with E-state index >= 15 is 0 Å². The molecular formula is C13H22N2S. The average molecular weight is 238 g/mol. The topological polar surface area (TPSA) is 24.4 Å². The van der Waals surface area contributed by atoms with Gasteiger partial charge in [-0.25, -0.2) is 0 Å². The molecule has 0 aromatic heterocycles.